The highest BCUT2D eigenvalue weighted by molar-refractivity contribution is 14.0. The Hall–Kier alpha value is -1.85. The minimum Gasteiger partial charge on any atom is -0.490 e. The number of alkyl halides is 2. The fraction of sp³-hybridized carbons (Fsp3) is 0.600. The molecule has 0 aliphatic heterocycles. The number of guanidine groups is 1. The quantitative estimate of drug-likeness (QED) is 0.241. The number of amides is 1. The molecule has 0 bridgehead atoms. The lowest BCUT2D eigenvalue weighted by atomic mass is 10.2. The molecule has 0 radical (unpaired) electrons. The van der Waals surface area contributed by atoms with Gasteiger partial charge in [-0.25, -0.2) is 0 Å². The third-order valence-electron chi connectivity index (χ3n) is 4.60. The number of benzene rings is 1. The molecule has 1 aliphatic carbocycles. The van der Waals surface area contributed by atoms with Crippen molar-refractivity contribution in [2.75, 3.05) is 20.2 Å². The zero-order chi connectivity index (χ0) is 21.1. The van der Waals surface area contributed by atoms with Crippen LogP contribution in [0.2, 0.25) is 0 Å². The number of hydrogen-bond acceptors (Lipinski definition) is 4. The normalized spacial score (nSPS) is 14.2. The van der Waals surface area contributed by atoms with Gasteiger partial charge in [-0.3, -0.25) is 9.79 Å². The van der Waals surface area contributed by atoms with Gasteiger partial charge >= 0.3 is 6.61 Å². The fourth-order valence-electron chi connectivity index (χ4n) is 3.26. The van der Waals surface area contributed by atoms with Crippen molar-refractivity contribution in [3.63, 3.8) is 0 Å². The Morgan fingerprint density at radius 2 is 2.00 bits per heavy atom. The van der Waals surface area contributed by atoms with Gasteiger partial charge in [0.15, 0.2) is 17.5 Å². The van der Waals surface area contributed by atoms with E-state index in [0.717, 1.165) is 12.8 Å². The molecular weight excluding hydrogens is 509 g/mol. The highest BCUT2D eigenvalue weighted by Crippen LogP contribution is 2.32. The maximum Gasteiger partial charge on any atom is 0.387 e. The summed E-state index contributed by atoms with van der Waals surface area (Å²) in [6.45, 7) is -0.228. The van der Waals surface area contributed by atoms with Crippen LogP contribution in [-0.2, 0) is 11.3 Å². The van der Waals surface area contributed by atoms with Crippen LogP contribution in [0.1, 0.15) is 44.6 Å². The van der Waals surface area contributed by atoms with Crippen molar-refractivity contribution in [1.82, 2.24) is 16.0 Å². The third-order valence-corrected chi connectivity index (χ3v) is 4.60. The van der Waals surface area contributed by atoms with E-state index in [2.05, 4.69) is 25.7 Å². The summed E-state index contributed by atoms with van der Waals surface area (Å²) in [5, 5.41) is 9.13. The molecule has 0 aromatic heterocycles. The number of halogens is 3. The molecule has 10 heteroatoms. The molecule has 1 amide bonds. The van der Waals surface area contributed by atoms with Gasteiger partial charge in [-0.15, -0.1) is 24.0 Å². The highest BCUT2D eigenvalue weighted by atomic mass is 127. The third kappa shape index (κ3) is 8.88. The fourth-order valence-corrected chi connectivity index (χ4v) is 3.26. The van der Waals surface area contributed by atoms with Crippen LogP contribution in [0.3, 0.4) is 0 Å². The van der Waals surface area contributed by atoms with Gasteiger partial charge in [0.1, 0.15) is 0 Å². The molecule has 1 aromatic carbocycles. The Morgan fingerprint density at radius 3 is 2.63 bits per heavy atom. The first kappa shape index (κ1) is 26.2. The molecule has 2 rings (SSSR count). The number of carbonyl (C=O) groups excluding carboxylic acids is 1. The first-order valence-corrected chi connectivity index (χ1v) is 9.96. The molecular formula is C20H31F2IN4O3. The Kier molecular flexibility index (Phi) is 12.4. The summed E-state index contributed by atoms with van der Waals surface area (Å²) in [5.41, 5.74) is 0.512. The lowest BCUT2D eigenvalue weighted by molar-refractivity contribution is -0.121. The second-order valence-corrected chi connectivity index (χ2v) is 6.71. The number of rotatable bonds is 10. The van der Waals surface area contributed by atoms with Gasteiger partial charge in [-0.2, -0.15) is 8.78 Å². The van der Waals surface area contributed by atoms with Crippen molar-refractivity contribution >= 4 is 35.8 Å². The van der Waals surface area contributed by atoms with Crippen LogP contribution in [-0.4, -0.2) is 44.7 Å². The Labute approximate surface area is 193 Å². The molecule has 0 heterocycles. The summed E-state index contributed by atoms with van der Waals surface area (Å²) in [7, 11) is 1.60. The predicted octanol–water partition coefficient (Wildman–Crippen LogP) is 3.42. The van der Waals surface area contributed by atoms with Gasteiger partial charge < -0.3 is 25.4 Å². The number of hydrogen-bond donors (Lipinski definition) is 3. The second kappa shape index (κ2) is 14.2. The highest BCUT2D eigenvalue weighted by Gasteiger charge is 2.17. The van der Waals surface area contributed by atoms with E-state index >= 15 is 0 Å². The molecule has 0 spiro atoms. The molecule has 0 unspecified atom stereocenters. The van der Waals surface area contributed by atoms with E-state index in [1.165, 1.54) is 12.8 Å². The smallest absolute Gasteiger partial charge is 0.387 e. The monoisotopic (exact) mass is 540 g/mol. The molecule has 0 atom stereocenters. The number of para-hydroxylation sites is 1. The molecule has 1 saturated carbocycles. The van der Waals surface area contributed by atoms with Crippen molar-refractivity contribution in [2.45, 2.75) is 58.2 Å². The second-order valence-electron chi connectivity index (χ2n) is 6.71. The Bertz CT molecular complexity index is 686. The van der Waals surface area contributed by atoms with E-state index in [1.807, 2.05) is 0 Å². The van der Waals surface area contributed by atoms with Crippen LogP contribution >= 0.6 is 24.0 Å². The number of nitrogens with one attached hydrogen (secondary N) is 3. The van der Waals surface area contributed by atoms with Gasteiger partial charge in [0.05, 0.1) is 6.61 Å². The molecule has 1 aromatic rings. The van der Waals surface area contributed by atoms with E-state index < -0.39 is 6.61 Å². The number of ether oxygens (including phenoxy) is 2. The average molecular weight is 540 g/mol. The van der Waals surface area contributed by atoms with Crippen molar-refractivity contribution < 1.29 is 23.0 Å². The van der Waals surface area contributed by atoms with Crippen LogP contribution in [0, 0.1) is 0 Å². The zero-order valence-electron chi connectivity index (χ0n) is 17.4. The molecule has 3 N–H and O–H groups in total. The van der Waals surface area contributed by atoms with Gasteiger partial charge in [0, 0.05) is 38.2 Å². The lowest BCUT2D eigenvalue weighted by Gasteiger charge is -2.17. The molecule has 1 fully saturated rings. The minimum absolute atomic E-state index is 0. The first-order valence-electron chi connectivity index (χ1n) is 9.96. The lowest BCUT2D eigenvalue weighted by Crippen LogP contribution is -2.40. The van der Waals surface area contributed by atoms with Crippen molar-refractivity contribution in [3.05, 3.63) is 23.8 Å². The van der Waals surface area contributed by atoms with Crippen LogP contribution in [0.25, 0.3) is 0 Å². The summed E-state index contributed by atoms with van der Waals surface area (Å²) in [6.07, 6.45) is 4.76. The predicted molar refractivity (Wildman–Crippen MR) is 123 cm³/mol. The van der Waals surface area contributed by atoms with Crippen LogP contribution in [0.5, 0.6) is 11.5 Å². The molecule has 7 nitrogen and oxygen atoms in total. The summed E-state index contributed by atoms with van der Waals surface area (Å²) in [6, 6.07) is 5.27. The summed E-state index contributed by atoms with van der Waals surface area (Å²) in [4.78, 5) is 16.1. The minimum atomic E-state index is -2.95. The molecule has 0 saturated heterocycles. The van der Waals surface area contributed by atoms with Crippen molar-refractivity contribution in [3.8, 4) is 11.5 Å². The Balaban J connectivity index is 0.00000450. The molecule has 30 heavy (non-hydrogen) atoms. The van der Waals surface area contributed by atoms with Crippen LogP contribution < -0.4 is 25.4 Å². The summed E-state index contributed by atoms with van der Waals surface area (Å²) >= 11 is 0. The summed E-state index contributed by atoms with van der Waals surface area (Å²) < 4.78 is 35.6. The average Bonchev–Trinajstić information content (AvgIpc) is 3.19. The summed E-state index contributed by atoms with van der Waals surface area (Å²) in [5.74, 6) is 0.738. The first-order chi connectivity index (χ1) is 14.0. The van der Waals surface area contributed by atoms with E-state index in [1.54, 1.807) is 32.2 Å². The number of nitrogens with zero attached hydrogens (tertiary/aromatic N) is 1. The van der Waals surface area contributed by atoms with E-state index in [0.29, 0.717) is 37.1 Å². The molecule has 1 aliphatic rings. The van der Waals surface area contributed by atoms with Gasteiger partial charge in [-0.1, -0.05) is 25.0 Å². The van der Waals surface area contributed by atoms with Crippen molar-refractivity contribution in [2.24, 2.45) is 4.99 Å². The standard InChI is InChI=1S/C20H30F2N4O3.HI/c1-3-28-16-10-6-7-14(18(16)29-19(21)22)13-25-20(23-2)24-12-11-17(27)26-15-8-4-5-9-15;/h6-7,10,15,19H,3-5,8-9,11-13H2,1-2H3,(H,26,27)(H2,23,24,25);1H. The van der Waals surface area contributed by atoms with Gasteiger partial charge in [0.25, 0.3) is 0 Å². The van der Waals surface area contributed by atoms with E-state index in [9.17, 15) is 13.6 Å². The van der Waals surface area contributed by atoms with E-state index in [4.69, 9.17) is 4.74 Å². The zero-order valence-corrected chi connectivity index (χ0v) is 19.7. The Morgan fingerprint density at radius 1 is 1.27 bits per heavy atom. The van der Waals surface area contributed by atoms with Gasteiger partial charge in [0.2, 0.25) is 5.91 Å². The molecule has 170 valence electrons. The van der Waals surface area contributed by atoms with Crippen LogP contribution in [0.15, 0.2) is 23.2 Å². The topological polar surface area (TPSA) is 84.0 Å². The maximum atomic E-state index is 12.8. The van der Waals surface area contributed by atoms with Crippen LogP contribution in [0.4, 0.5) is 8.78 Å². The number of aliphatic imine (C=N–C) groups is 1. The maximum absolute atomic E-state index is 12.8. The largest absolute Gasteiger partial charge is 0.490 e. The number of carbonyl (C=O) groups is 1. The van der Waals surface area contributed by atoms with Gasteiger partial charge in [-0.05, 0) is 25.8 Å². The SMILES string of the molecule is CCOc1cccc(CNC(=NC)NCCC(=O)NC2CCCC2)c1OC(F)F.I. The van der Waals surface area contributed by atoms with E-state index in [-0.39, 0.29) is 47.9 Å². The van der Waals surface area contributed by atoms with Crippen molar-refractivity contribution in [1.29, 1.82) is 0 Å².